The fourth-order valence-corrected chi connectivity index (χ4v) is 4.74. The first-order valence-corrected chi connectivity index (χ1v) is 9.74. The van der Waals surface area contributed by atoms with Crippen LogP contribution in [0.2, 0.25) is 9.36 Å². The quantitative estimate of drug-likeness (QED) is 0.734. The van der Waals surface area contributed by atoms with Gasteiger partial charge in [0.2, 0.25) is 0 Å². The number of carboxylic acids is 1. The molecule has 0 radical (unpaired) electrons. The van der Waals surface area contributed by atoms with E-state index in [1.807, 2.05) is 36.1 Å². The van der Waals surface area contributed by atoms with E-state index in [0.29, 0.717) is 28.9 Å². The number of benzene rings is 1. The Morgan fingerprint density at radius 3 is 2.84 bits per heavy atom. The lowest BCUT2D eigenvalue weighted by Gasteiger charge is -2.32. The van der Waals surface area contributed by atoms with Gasteiger partial charge in [0.1, 0.15) is 11.8 Å². The first-order valence-electron chi connectivity index (χ1n) is 8.17. The van der Waals surface area contributed by atoms with Crippen LogP contribution in [0, 0.1) is 0 Å². The van der Waals surface area contributed by atoms with Gasteiger partial charge in [-0.3, -0.25) is 9.69 Å². The summed E-state index contributed by atoms with van der Waals surface area (Å²) in [5.74, 6) is -0.0809. The normalized spacial score (nSPS) is 19.1. The highest BCUT2D eigenvalue weighted by molar-refractivity contribution is 7.16. The molecule has 1 aliphatic rings. The Labute approximate surface area is 160 Å². The van der Waals surface area contributed by atoms with Crippen LogP contribution in [-0.4, -0.2) is 35.2 Å². The van der Waals surface area contributed by atoms with Crippen LogP contribution in [0.15, 0.2) is 30.3 Å². The smallest absolute Gasteiger partial charge is 0.320 e. The molecule has 1 aromatic carbocycles. The highest BCUT2D eigenvalue weighted by Crippen LogP contribution is 2.43. The van der Waals surface area contributed by atoms with E-state index in [1.54, 1.807) is 6.07 Å². The zero-order chi connectivity index (χ0) is 18.0. The summed E-state index contributed by atoms with van der Waals surface area (Å²) in [6.07, 6.45) is 1.48. The number of aliphatic carboxylic acids is 1. The molecule has 0 amide bonds. The highest BCUT2D eigenvalue weighted by atomic mass is 35.5. The predicted octanol–water partition coefficient (Wildman–Crippen LogP) is 5.09. The van der Waals surface area contributed by atoms with E-state index >= 15 is 0 Å². The molecule has 0 bridgehead atoms. The summed E-state index contributed by atoms with van der Waals surface area (Å²) in [6, 6.07) is 8.50. The number of thiophene rings is 1. The van der Waals surface area contributed by atoms with Gasteiger partial charge < -0.3 is 9.84 Å². The van der Waals surface area contributed by atoms with Gasteiger partial charge in [-0.05, 0) is 50.1 Å². The average Bonchev–Trinajstić information content (AvgIpc) is 3.20. The molecular formula is C18H19Cl2NO3S. The molecule has 3 rings (SSSR count). The van der Waals surface area contributed by atoms with Gasteiger partial charge in [0, 0.05) is 22.0 Å². The molecule has 4 nitrogen and oxygen atoms in total. The van der Waals surface area contributed by atoms with Crippen molar-refractivity contribution in [2.24, 2.45) is 0 Å². The Morgan fingerprint density at radius 2 is 2.20 bits per heavy atom. The summed E-state index contributed by atoms with van der Waals surface area (Å²) in [5, 5.41) is 10.2. The lowest BCUT2D eigenvalue weighted by molar-refractivity contribution is -0.142. The minimum Gasteiger partial charge on any atom is -0.494 e. The lowest BCUT2D eigenvalue weighted by atomic mass is 10.0. The molecule has 2 atom stereocenters. The number of rotatable bonds is 6. The molecule has 1 aliphatic heterocycles. The number of hydrogen-bond acceptors (Lipinski definition) is 4. The monoisotopic (exact) mass is 399 g/mol. The van der Waals surface area contributed by atoms with Crippen molar-refractivity contribution in [3.63, 3.8) is 0 Å². The molecule has 1 aromatic heterocycles. The Morgan fingerprint density at radius 1 is 1.40 bits per heavy atom. The maximum absolute atomic E-state index is 11.7. The lowest BCUT2D eigenvalue weighted by Crippen LogP contribution is -2.39. The third-order valence-electron chi connectivity index (χ3n) is 4.34. The number of carboxylic acid groups (broad SMARTS) is 1. The van der Waals surface area contributed by atoms with Crippen molar-refractivity contribution < 1.29 is 14.6 Å². The highest BCUT2D eigenvalue weighted by Gasteiger charge is 2.38. The maximum Gasteiger partial charge on any atom is 0.320 e. The van der Waals surface area contributed by atoms with Crippen LogP contribution in [0.3, 0.4) is 0 Å². The van der Waals surface area contributed by atoms with Crippen LogP contribution in [0.1, 0.15) is 36.2 Å². The summed E-state index contributed by atoms with van der Waals surface area (Å²) in [7, 11) is 0. The molecule has 2 aromatic rings. The van der Waals surface area contributed by atoms with Gasteiger partial charge in [0.05, 0.1) is 17.0 Å². The number of hydrogen-bond donors (Lipinski definition) is 1. The largest absolute Gasteiger partial charge is 0.494 e. The molecule has 134 valence electrons. The third kappa shape index (κ3) is 3.95. The van der Waals surface area contributed by atoms with Crippen molar-refractivity contribution in [2.75, 3.05) is 13.2 Å². The van der Waals surface area contributed by atoms with E-state index in [-0.39, 0.29) is 6.04 Å². The molecule has 2 unspecified atom stereocenters. The Hall–Kier alpha value is -1.27. The molecule has 1 fully saturated rings. The first kappa shape index (κ1) is 18.5. The predicted molar refractivity (Wildman–Crippen MR) is 101 cm³/mol. The fourth-order valence-electron chi connectivity index (χ4n) is 3.35. The van der Waals surface area contributed by atoms with Crippen LogP contribution in [0.4, 0.5) is 0 Å². The van der Waals surface area contributed by atoms with E-state index < -0.39 is 12.0 Å². The fraction of sp³-hybridized carbons (Fsp3) is 0.389. The summed E-state index contributed by atoms with van der Waals surface area (Å²) in [4.78, 5) is 14.7. The van der Waals surface area contributed by atoms with Crippen LogP contribution >= 0.6 is 34.5 Å². The molecular weight excluding hydrogens is 381 g/mol. The molecule has 2 heterocycles. The Kier molecular flexibility index (Phi) is 5.89. The summed E-state index contributed by atoms with van der Waals surface area (Å²) >= 11 is 13.9. The van der Waals surface area contributed by atoms with Gasteiger partial charge in [0.25, 0.3) is 0 Å². The van der Waals surface area contributed by atoms with Crippen LogP contribution in [0.25, 0.3) is 0 Å². The zero-order valence-electron chi connectivity index (χ0n) is 13.7. The maximum atomic E-state index is 11.7. The van der Waals surface area contributed by atoms with Gasteiger partial charge >= 0.3 is 5.97 Å². The zero-order valence-corrected chi connectivity index (χ0v) is 16.1. The van der Waals surface area contributed by atoms with Crippen molar-refractivity contribution >= 4 is 40.5 Å². The van der Waals surface area contributed by atoms with E-state index in [9.17, 15) is 9.90 Å². The minimum absolute atomic E-state index is 0.249. The van der Waals surface area contributed by atoms with Crippen LogP contribution in [-0.2, 0) is 4.79 Å². The topological polar surface area (TPSA) is 49.8 Å². The van der Waals surface area contributed by atoms with Gasteiger partial charge in [-0.2, -0.15) is 0 Å². The van der Waals surface area contributed by atoms with Crippen molar-refractivity contribution in [3.8, 4) is 5.75 Å². The second-order valence-electron chi connectivity index (χ2n) is 5.89. The van der Waals surface area contributed by atoms with E-state index in [1.165, 1.54) is 11.3 Å². The van der Waals surface area contributed by atoms with Crippen molar-refractivity contribution in [2.45, 2.75) is 31.8 Å². The number of likely N-dealkylation sites (tertiary alicyclic amines) is 1. The average molecular weight is 400 g/mol. The third-order valence-corrected chi connectivity index (χ3v) is 5.86. The van der Waals surface area contributed by atoms with Crippen molar-refractivity contribution in [1.82, 2.24) is 4.90 Å². The summed E-state index contributed by atoms with van der Waals surface area (Å²) in [6.45, 7) is 3.15. The molecule has 1 N–H and O–H groups in total. The molecule has 1 saturated heterocycles. The standard InChI is InChI=1S/C18H19Cl2NO3S/c1-2-24-14-6-5-11(19)10-12(14)17(15-7-8-16(20)25-15)21-9-3-4-13(21)18(22)23/h5-8,10,13,17H,2-4,9H2,1H3,(H,22,23). The van der Waals surface area contributed by atoms with Gasteiger partial charge in [-0.25, -0.2) is 0 Å². The van der Waals surface area contributed by atoms with Gasteiger partial charge in [0.15, 0.2) is 0 Å². The van der Waals surface area contributed by atoms with E-state index in [0.717, 1.165) is 22.6 Å². The second kappa shape index (κ2) is 7.96. The van der Waals surface area contributed by atoms with E-state index in [4.69, 9.17) is 27.9 Å². The number of carbonyl (C=O) groups is 1. The molecule has 7 heteroatoms. The Bertz CT molecular complexity index is 765. The minimum atomic E-state index is -0.801. The Balaban J connectivity index is 2.12. The molecule has 25 heavy (non-hydrogen) atoms. The first-order chi connectivity index (χ1) is 12.0. The van der Waals surface area contributed by atoms with Crippen LogP contribution < -0.4 is 4.74 Å². The van der Waals surface area contributed by atoms with Gasteiger partial charge in [-0.1, -0.05) is 23.2 Å². The number of nitrogens with zero attached hydrogens (tertiary/aromatic N) is 1. The van der Waals surface area contributed by atoms with Crippen molar-refractivity contribution in [3.05, 3.63) is 50.1 Å². The van der Waals surface area contributed by atoms with Gasteiger partial charge in [-0.15, -0.1) is 11.3 Å². The molecule has 0 spiro atoms. The SMILES string of the molecule is CCOc1ccc(Cl)cc1C(c1ccc(Cl)s1)N1CCCC1C(=O)O. The van der Waals surface area contributed by atoms with Crippen LogP contribution in [0.5, 0.6) is 5.75 Å². The van der Waals surface area contributed by atoms with E-state index in [2.05, 4.69) is 0 Å². The molecule has 0 aliphatic carbocycles. The second-order valence-corrected chi connectivity index (χ2v) is 8.08. The van der Waals surface area contributed by atoms with Crippen molar-refractivity contribution in [1.29, 1.82) is 0 Å². The summed E-state index contributed by atoms with van der Waals surface area (Å²) in [5.41, 5.74) is 0.876. The number of ether oxygens (including phenoxy) is 1. The summed E-state index contributed by atoms with van der Waals surface area (Å²) < 4.78 is 6.47. The molecule has 0 saturated carbocycles. The number of halogens is 2.